The number of halogens is 1. The maximum Gasteiger partial charge on any atom is 0.314 e. The molecule has 0 saturated heterocycles. The van der Waals surface area contributed by atoms with Crippen LogP contribution in [0.25, 0.3) is 0 Å². The van der Waals surface area contributed by atoms with Crippen LogP contribution < -0.4 is 0 Å². The summed E-state index contributed by atoms with van der Waals surface area (Å²) in [5.74, 6) is -1.46. The molecule has 25 heavy (non-hydrogen) atoms. The largest absolute Gasteiger partial charge is 0.481 e. The highest BCUT2D eigenvalue weighted by molar-refractivity contribution is 6.30. The lowest BCUT2D eigenvalue weighted by Crippen LogP contribution is -2.20. The van der Waals surface area contributed by atoms with E-state index in [-0.39, 0.29) is 0 Å². The quantitative estimate of drug-likeness (QED) is 0.763. The monoisotopic (exact) mass is 358 g/mol. The number of aliphatic carboxylic acids is 1. The van der Waals surface area contributed by atoms with E-state index in [0.717, 1.165) is 0 Å². The summed E-state index contributed by atoms with van der Waals surface area (Å²) < 4.78 is 0. The summed E-state index contributed by atoms with van der Waals surface area (Å²) in [4.78, 5) is 11.8. The van der Waals surface area contributed by atoms with Crippen molar-refractivity contribution in [2.24, 2.45) is 0 Å². The number of hydrogen-bond acceptors (Lipinski definition) is 2. The molecule has 2 aromatic rings. The van der Waals surface area contributed by atoms with Gasteiger partial charge in [-0.15, -0.1) is 0 Å². The van der Waals surface area contributed by atoms with Crippen molar-refractivity contribution in [1.82, 2.24) is 0 Å². The number of aliphatic hydroxyl groups excluding tert-OH is 1. The second-order valence-electron chi connectivity index (χ2n) is 6.81. The molecule has 1 fully saturated rings. The van der Waals surface area contributed by atoms with Gasteiger partial charge in [0, 0.05) is 5.02 Å². The lowest BCUT2D eigenvalue weighted by Gasteiger charge is -2.23. The molecule has 2 N–H and O–H groups in total. The van der Waals surface area contributed by atoms with Crippen molar-refractivity contribution in [1.29, 1.82) is 0 Å². The third-order valence-electron chi connectivity index (χ3n) is 5.17. The number of benzene rings is 2. The standard InChI is InChI=1S/C21H23ClO3/c22-18-12-10-17(11-13-18)20(23)19(21(24)25)16-8-6-15(7-9-16)14-4-2-1-3-5-14/h6-14,19-20,23H,1-5H2,(H,24,25)/t19-,20+/m1/s1. The molecule has 0 spiro atoms. The van der Waals surface area contributed by atoms with Crippen LogP contribution in [-0.4, -0.2) is 16.2 Å². The van der Waals surface area contributed by atoms with Crippen LogP contribution in [0, 0.1) is 0 Å². The lowest BCUT2D eigenvalue weighted by molar-refractivity contribution is -0.141. The van der Waals surface area contributed by atoms with Crippen LogP contribution in [0.2, 0.25) is 5.02 Å². The highest BCUT2D eigenvalue weighted by Crippen LogP contribution is 2.35. The van der Waals surface area contributed by atoms with Gasteiger partial charge in [-0.25, -0.2) is 0 Å². The fourth-order valence-electron chi connectivity index (χ4n) is 3.72. The Bertz CT molecular complexity index is 703. The zero-order valence-corrected chi connectivity index (χ0v) is 14.8. The van der Waals surface area contributed by atoms with Crippen LogP contribution in [0.15, 0.2) is 48.5 Å². The minimum atomic E-state index is -1.12. The highest BCUT2D eigenvalue weighted by Gasteiger charge is 2.29. The Kier molecular flexibility index (Phi) is 5.77. The van der Waals surface area contributed by atoms with E-state index in [9.17, 15) is 15.0 Å². The minimum Gasteiger partial charge on any atom is -0.481 e. The topological polar surface area (TPSA) is 57.5 Å². The molecule has 1 saturated carbocycles. The molecule has 0 aromatic heterocycles. The Morgan fingerprint density at radius 2 is 1.48 bits per heavy atom. The van der Waals surface area contributed by atoms with Gasteiger partial charge in [0.1, 0.15) is 5.92 Å². The molecule has 4 heteroatoms. The highest BCUT2D eigenvalue weighted by atomic mass is 35.5. The van der Waals surface area contributed by atoms with Crippen LogP contribution in [0.3, 0.4) is 0 Å². The molecule has 1 aliphatic rings. The Morgan fingerprint density at radius 1 is 0.920 bits per heavy atom. The van der Waals surface area contributed by atoms with Gasteiger partial charge in [0.25, 0.3) is 0 Å². The Hall–Kier alpha value is -1.84. The average molecular weight is 359 g/mol. The summed E-state index contributed by atoms with van der Waals surface area (Å²) in [5, 5.41) is 20.8. The van der Waals surface area contributed by atoms with Gasteiger partial charge in [-0.2, -0.15) is 0 Å². The van der Waals surface area contributed by atoms with Gasteiger partial charge >= 0.3 is 5.97 Å². The molecule has 0 radical (unpaired) electrons. The normalized spacial score (nSPS) is 17.8. The maximum atomic E-state index is 11.8. The SMILES string of the molecule is O=C(O)[C@H](c1ccc(C2CCCCC2)cc1)[C@@H](O)c1ccc(Cl)cc1. The first-order valence-corrected chi connectivity index (χ1v) is 9.20. The third kappa shape index (κ3) is 4.23. The van der Waals surface area contributed by atoms with Gasteiger partial charge in [0.05, 0.1) is 6.10 Å². The molecule has 0 amide bonds. The van der Waals surface area contributed by atoms with Crippen molar-refractivity contribution < 1.29 is 15.0 Å². The second kappa shape index (κ2) is 8.03. The summed E-state index contributed by atoms with van der Waals surface area (Å²) in [6, 6.07) is 14.4. The van der Waals surface area contributed by atoms with Gasteiger partial charge in [-0.3, -0.25) is 4.79 Å². The average Bonchev–Trinajstić information content (AvgIpc) is 2.63. The van der Waals surface area contributed by atoms with Gasteiger partial charge in [-0.1, -0.05) is 67.3 Å². The van der Waals surface area contributed by atoms with Crippen LogP contribution in [0.4, 0.5) is 0 Å². The van der Waals surface area contributed by atoms with Crippen LogP contribution >= 0.6 is 11.6 Å². The first kappa shape index (κ1) is 18.0. The predicted octanol–water partition coefficient (Wildman–Crippen LogP) is 5.29. The van der Waals surface area contributed by atoms with Gasteiger partial charge < -0.3 is 10.2 Å². The summed E-state index contributed by atoms with van der Waals surface area (Å²) >= 11 is 5.87. The molecular weight excluding hydrogens is 336 g/mol. The van der Waals surface area contributed by atoms with E-state index >= 15 is 0 Å². The number of carbonyl (C=O) groups is 1. The number of aliphatic hydroxyl groups is 1. The van der Waals surface area contributed by atoms with E-state index in [4.69, 9.17) is 11.6 Å². The van der Waals surface area contributed by atoms with E-state index in [1.165, 1.54) is 37.7 Å². The zero-order valence-electron chi connectivity index (χ0n) is 14.1. The van der Waals surface area contributed by atoms with E-state index in [1.54, 1.807) is 24.3 Å². The third-order valence-corrected chi connectivity index (χ3v) is 5.42. The maximum absolute atomic E-state index is 11.8. The molecule has 1 aliphatic carbocycles. The Morgan fingerprint density at radius 3 is 2.04 bits per heavy atom. The van der Waals surface area contributed by atoms with Crippen LogP contribution in [-0.2, 0) is 4.79 Å². The number of carboxylic acids is 1. The Labute approximate surface area is 153 Å². The van der Waals surface area contributed by atoms with Gasteiger partial charge in [0.2, 0.25) is 0 Å². The van der Waals surface area contributed by atoms with E-state index in [2.05, 4.69) is 0 Å². The predicted molar refractivity (Wildman–Crippen MR) is 99.1 cm³/mol. The van der Waals surface area contributed by atoms with Crippen molar-refractivity contribution >= 4 is 17.6 Å². The van der Waals surface area contributed by atoms with Crippen LogP contribution in [0.1, 0.15) is 66.7 Å². The van der Waals surface area contributed by atoms with E-state index in [1.807, 2.05) is 24.3 Å². The van der Waals surface area contributed by atoms with Crippen LogP contribution in [0.5, 0.6) is 0 Å². The summed E-state index contributed by atoms with van der Waals surface area (Å²) in [6.07, 6.45) is 5.13. The smallest absolute Gasteiger partial charge is 0.314 e. The number of carboxylic acid groups (broad SMARTS) is 1. The molecule has 2 aromatic carbocycles. The summed E-state index contributed by atoms with van der Waals surface area (Å²) in [6.45, 7) is 0. The number of rotatable bonds is 5. The van der Waals surface area contributed by atoms with Crippen molar-refractivity contribution in [2.75, 3.05) is 0 Å². The van der Waals surface area contributed by atoms with E-state index in [0.29, 0.717) is 22.1 Å². The van der Waals surface area contributed by atoms with Crippen molar-refractivity contribution in [3.05, 3.63) is 70.2 Å². The first-order valence-electron chi connectivity index (χ1n) is 8.82. The molecule has 3 nitrogen and oxygen atoms in total. The molecular formula is C21H23ClO3. The van der Waals surface area contributed by atoms with Gasteiger partial charge in [0.15, 0.2) is 0 Å². The van der Waals surface area contributed by atoms with Crippen molar-refractivity contribution in [2.45, 2.75) is 50.0 Å². The summed E-state index contributed by atoms with van der Waals surface area (Å²) in [5.41, 5.74) is 2.44. The van der Waals surface area contributed by atoms with Gasteiger partial charge in [-0.05, 0) is 47.6 Å². The fourth-order valence-corrected chi connectivity index (χ4v) is 3.85. The number of hydrogen-bond donors (Lipinski definition) is 2. The molecule has 132 valence electrons. The second-order valence-corrected chi connectivity index (χ2v) is 7.25. The Balaban J connectivity index is 1.82. The molecule has 0 aliphatic heterocycles. The van der Waals surface area contributed by atoms with Crippen molar-refractivity contribution in [3.8, 4) is 0 Å². The van der Waals surface area contributed by atoms with E-state index < -0.39 is 18.0 Å². The molecule has 3 rings (SSSR count). The molecule has 0 bridgehead atoms. The summed E-state index contributed by atoms with van der Waals surface area (Å²) in [7, 11) is 0. The molecule has 2 atom stereocenters. The lowest BCUT2D eigenvalue weighted by atomic mass is 9.82. The minimum absolute atomic E-state index is 0.549. The zero-order chi connectivity index (χ0) is 17.8. The molecule has 0 unspecified atom stereocenters. The fraction of sp³-hybridized carbons (Fsp3) is 0.381. The molecule has 0 heterocycles. The van der Waals surface area contributed by atoms with Crippen molar-refractivity contribution in [3.63, 3.8) is 0 Å². The first-order chi connectivity index (χ1) is 12.1.